The second kappa shape index (κ2) is 11.8. The number of carbonyl (C=O) groups excluding carboxylic acids is 1. The maximum absolute atomic E-state index is 13.9. The lowest BCUT2D eigenvalue weighted by Crippen LogP contribution is -2.18. The minimum Gasteiger partial charge on any atom is -0.482 e. The molecule has 1 aromatic heterocycles. The van der Waals surface area contributed by atoms with E-state index in [1.54, 1.807) is 19.1 Å². The minimum absolute atomic E-state index is 0.0145. The highest BCUT2D eigenvalue weighted by molar-refractivity contribution is 5.80. The monoisotopic (exact) mass is 528 g/mol. The van der Waals surface area contributed by atoms with Crippen molar-refractivity contribution >= 4 is 16.9 Å². The minimum atomic E-state index is -5.02. The third-order valence-electron chi connectivity index (χ3n) is 5.31. The second-order valence-electron chi connectivity index (χ2n) is 7.94. The van der Waals surface area contributed by atoms with Crippen LogP contribution < -0.4 is 14.9 Å². The quantitative estimate of drug-likeness (QED) is 0.178. The molecule has 7 nitrogen and oxygen atoms in total. The first-order valence-corrected chi connectivity index (χ1v) is 11.6. The maximum atomic E-state index is 13.9. The Kier molecular flexibility index (Phi) is 8.32. The summed E-state index contributed by atoms with van der Waals surface area (Å²) in [6.07, 6.45) is -5.02. The van der Waals surface area contributed by atoms with Gasteiger partial charge in [-0.25, -0.2) is 4.79 Å². The fourth-order valence-corrected chi connectivity index (χ4v) is 3.53. The Balaban J connectivity index is 1.57. The van der Waals surface area contributed by atoms with Gasteiger partial charge in [-0.1, -0.05) is 42.5 Å². The number of halogens is 3. The lowest BCUT2D eigenvalue weighted by Gasteiger charge is -2.14. The Morgan fingerprint density at radius 3 is 2.26 bits per heavy atom. The smallest absolute Gasteiger partial charge is 0.453 e. The Morgan fingerprint density at radius 2 is 1.58 bits per heavy atom. The lowest BCUT2D eigenvalue weighted by molar-refractivity contribution is -0.154. The molecule has 0 spiro atoms. The van der Waals surface area contributed by atoms with Gasteiger partial charge < -0.3 is 23.4 Å². The molecule has 4 rings (SSSR count). The molecule has 0 saturated carbocycles. The van der Waals surface area contributed by atoms with E-state index < -0.39 is 35.7 Å². The molecule has 3 aromatic carbocycles. The topological polar surface area (TPSA) is 84.2 Å². The Morgan fingerprint density at radius 1 is 0.895 bits per heavy atom. The number of alkyl halides is 3. The van der Waals surface area contributed by atoms with Crippen LogP contribution in [0, 0.1) is 0 Å². The third-order valence-corrected chi connectivity index (χ3v) is 5.31. The summed E-state index contributed by atoms with van der Waals surface area (Å²) in [5.41, 5.74) is 0.353. The molecule has 0 N–H and O–H groups in total. The first-order chi connectivity index (χ1) is 18.3. The predicted octanol–water partition coefficient (Wildman–Crippen LogP) is 6.23. The summed E-state index contributed by atoms with van der Waals surface area (Å²) in [6, 6.07) is 19.3. The van der Waals surface area contributed by atoms with Gasteiger partial charge in [-0.2, -0.15) is 13.2 Å². The summed E-state index contributed by atoms with van der Waals surface area (Å²) in [4.78, 5) is 24.8. The average Bonchev–Trinajstić information content (AvgIpc) is 2.91. The number of hydrogen-bond donors (Lipinski definition) is 0. The Bertz CT molecular complexity index is 1450. The summed E-state index contributed by atoms with van der Waals surface area (Å²) >= 11 is 0. The molecule has 0 aliphatic heterocycles. The van der Waals surface area contributed by atoms with Crippen LogP contribution in [0.1, 0.15) is 12.7 Å². The number of ether oxygens (including phenoxy) is 4. The van der Waals surface area contributed by atoms with Crippen molar-refractivity contribution in [2.45, 2.75) is 13.1 Å². The zero-order chi connectivity index (χ0) is 27.1. The zero-order valence-corrected chi connectivity index (χ0v) is 20.2. The van der Waals surface area contributed by atoms with Crippen LogP contribution in [-0.2, 0) is 20.4 Å². The second-order valence-corrected chi connectivity index (χ2v) is 7.94. The predicted molar refractivity (Wildman–Crippen MR) is 132 cm³/mol. The molecule has 1 heterocycles. The van der Waals surface area contributed by atoms with Crippen molar-refractivity contribution in [3.63, 3.8) is 0 Å². The number of rotatable bonds is 10. The van der Waals surface area contributed by atoms with Gasteiger partial charge in [0, 0.05) is 12.7 Å². The molecule has 0 amide bonds. The van der Waals surface area contributed by atoms with Crippen molar-refractivity contribution in [1.29, 1.82) is 0 Å². The average molecular weight is 528 g/mol. The highest BCUT2D eigenvalue weighted by Gasteiger charge is 2.40. The zero-order valence-electron chi connectivity index (χ0n) is 20.2. The van der Waals surface area contributed by atoms with E-state index in [2.05, 4.69) is 0 Å². The van der Waals surface area contributed by atoms with Gasteiger partial charge in [0.2, 0.25) is 11.2 Å². The molecule has 198 valence electrons. The van der Waals surface area contributed by atoms with Gasteiger partial charge in [0.15, 0.2) is 6.61 Å². The van der Waals surface area contributed by atoms with Crippen molar-refractivity contribution in [3.05, 3.63) is 88.8 Å². The van der Waals surface area contributed by atoms with E-state index >= 15 is 0 Å². The summed E-state index contributed by atoms with van der Waals surface area (Å²) in [5.74, 6) is -3.21. The van der Waals surface area contributed by atoms with Crippen molar-refractivity contribution in [1.82, 2.24) is 0 Å². The van der Waals surface area contributed by atoms with E-state index in [9.17, 15) is 22.8 Å². The van der Waals surface area contributed by atoms with E-state index in [0.29, 0.717) is 6.61 Å². The molecule has 0 radical (unpaired) electrons. The van der Waals surface area contributed by atoms with E-state index in [4.69, 9.17) is 23.4 Å². The summed E-state index contributed by atoms with van der Waals surface area (Å²) in [6.45, 7) is 2.05. The van der Waals surface area contributed by atoms with Gasteiger partial charge >= 0.3 is 12.1 Å². The lowest BCUT2D eigenvalue weighted by atomic mass is 10.1. The highest BCUT2D eigenvalue weighted by atomic mass is 19.4. The van der Waals surface area contributed by atoms with Crippen LogP contribution in [0.2, 0.25) is 0 Å². The van der Waals surface area contributed by atoms with E-state index in [0.717, 1.165) is 17.2 Å². The number of esters is 1. The molecule has 4 aromatic rings. The Hall–Kier alpha value is -4.31. The number of fused-ring (bicyclic) bond motifs is 1. The van der Waals surface area contributed by atoms with Crippen LogP contribution >= 0.6 is 0 Å². The highest BCUT2D eigenvalue weighted by Crippen LogP contribution is 2.39. The standard InChI is InChI=1S/C28H23F3O7/c1-2-34-14-15-35-24(32)17-36-21-12-13-22-23(16-21)38-27(28(29,30)31)26(25(22)33)37-20-10-8-19(9-11-20)18-6-4-3-5-7-18/h3-13,16H,2,14-15,17H2,1H3. The first kappa shape index (κ1) is 26.7. The van der Waals surface area contributed by atoms with Gasteiger partial charge in [-0.15, -0.1) is 0 Å². The summed E-state index contributed by atoms with van der Waals surface area (Å²) < 4.78 is 67.3. The number of carbonyl (C=O) groups is 1. The molecule has 0 bridgehead atoms. The van der Waals surface area contributed by atoms with Crippen molar-refractivity contribution in [3.8, 4) is 28.4 Å². The van der Waals surface area contributed by atoms with Crippen LogP contribution in [-0.4, -0.2) is 32.4 Å². The summed E-state index contributed by atoms with van der Waals surface area (Å²) in [5, 5.41) is -0.152. The van der Waals surface area contributed by atoms with Gasteiger partial charge in [0.25, 0.3) is 5.76 Å². The molecule has 0 saturated heterocycles. The van der Waals surface area contributed by atoms with Crippen molar-refractivity contribution in [2.24, 2.45) is 0 Å². The van der Waals surface area contributed by atoms with Crippen LogP contribution in [0.15, 0.2) is 82.0 Å². The number of hydrogen-bond acceptors (Lipinski definition) is 7. The first-order valence-electron chi connectivity index (χ1n) is 11.6. The molecule has 38 heavy (non-hydrogen) atoms. The van der Waals surface area contributed by atoms with Gasteiger partial charge in [0.1, 0.15) is 23.7 Å². The summed E-state index contributed by atoms with van der Waals surface area (Å²) in [7, 11) is 0. The van der Waals surface area contributed by atoms with Crippen LogP contribution in [0.4, 0.5) is 13.2 Å². The number of benzene rings is 3. The van der Waals surface area contributed by atoms with Gasteiger partial charge in [0.05, 0.1) is 12.0 Å². The SMILES string of the molecule is CCOCCOC(=O)COc1ccc2c(=O)c(Oc3ccc(-c4ccccc4)cc3)c(C(F)(F)F)oc2c1. The van der Waals surface area contributed by atoms with E-state index in [-0.39, 0.29) is 35.7 Å². The molecule has 0 fully saturated rings. The van der Waals surface area contributed by atoms with Crippen LogP contribution in [0.25, 0.3) is 22.1 Å². The molecule has 0 atom stereocenters. The largest absolute Gasteiger partial charge is 0.482 e. The molecular formula is C28H23F3O7. The molecule has 0 aliphatic rings. The molecule has 0 aliphatic carbocycles. The molecule has 0 unspecified atom stereocenters. The van der Waals surface area contributed by atoms with E-state index in [1.807, 2.05) is 30.3 Å². The van der Waals surface area contributed by atoms with Crippen LogP contribution in [0.5, 0.6) is 17.2 Å². The fourth-order valence-electron chi connectivity index (χ4n) is 3.53. The van der Waals surface area contributed by atoms with E-state index in [1.165, 1.54) is 24.3 Å². The fraction of sp³-hybridized carbons (Fsp3) is 0.214. The maximum Gasteiger partial charge on any atom is 0.453 e. The Labute approximate surface area is 215 Å². The third kappa shape index (κ3) is 6.51. The van der Waals surface area contributed by atoms with Gasteiger partial charge in [-0.3, -0.25) is 4.79 Å². The van der Waals surface area contributed by atoms with Crippen molar-refractivity contribution < 1.29 is 41.3 Å². The molecule has 10 heteroatoms. The van der Waals surface area contributed by atoms with Crippen molar-refractivity contribution in [2.75, 3.05) is 26.4 Å². The molecular weight excluding hydrogens is 505 g/mol. The van der Waals surface area contributed by atoms with Gasteiger partial charge in [-0.05, 0) is 42.3 Å². The van der Waals surface area contributed by atoms with Crippen LogP contribution in [0.3, 0.4) is 0 Å². The normalized spacial score (nSPS) is 11.4.